The van der Waals surface area contributed by atoms with Crippen molar-refractivity contribution in [1.82, 2.24) is 9.62 Å². The van der Waals surface area contributed by atoms with Crippen LogP contribution in [0.4, 0.5) is 0 Å². The van der Waals surface area contributed by atoms with Gasteiger partial charge in [-0.1, -0.05) is 0 Å². The van der Waals surface area contributed by atoms with Crippen LogP contribution in [-0.2, 0) is 10.0 Å². The number of rotatable bonds is 8. The molecule has 1 fully saturated rings. The summed E-state index contributed by atoms with van der Waals surface area (Å²) < 4.78 is 36.3. The zero-order valence-corrected chi connectivity index (χ0v) is 14.6. The molecule has 1 aromatic carbocycles. The Labute approximate surface area is 138 Å². The highest BCUT2D eigenvalue weighted by Gasteiger charge is 2.21. The highest BCUT2D eigenvalue weighted by molar-refractivity contribution is 7.88. The molecule has 1 N–H and O–H groups in total. The van der Waals surface area contributed by atoms with E-state index in [4.69, 9.17) is 9.47 Å². The van der Waals surface area contributed by atoms with E-state index in [1.54, 1.807) is 0 Å². The molecule has 1 saturated heterocycles. The molecule has 0 aromatic heterocycles. The number of likely N-dealkylation sites (tertiary alicyclic amines) is 1. The molecule has 1 aliphatic heterocycles. The molecular formula is C16H26N2O4S. The smallest absolute Gasteiger partial charge is 0.208 e. The molecule has 0 spiro atoms. The van der Waals surface area contributed by atoms with Crippen LogP contribution >= 0.6 is 0 Å². The third-order valence-corrected chi connectivity index (χ3v) is 4.54. The van der Waals surface area contributed by atoms with Crippen LogP contribution in [0.25, 0.3) is 0 Å². The van der Waals surface area contributed by atoms with E-state index < -0.39 is 10.0 Å². The summed E-state index contributed by atoms with van der Waals surface area (Å²) in [6.45, 7) is 5.86. The number of hydrogen-bond donors (Lipinski definition) is 1. The maximum atomic E-state index is 11.2. The van der Waals surface area contributed by atoms with Gasteiger partial charge < -0.3 is 9.47 Å². The first-order valence-electron chi connectivity index (χ1n) is 8.01. The normalized spacial score (nSPS) is 17.1. The second-order valence-corrected chi connectivity index (χ2v) is 7.54. The lowest BCUT2D eigenvalue weighted by atomic mass is 10.1. The van der Waals surface area contributed by atoms with Gasteiger partial charge in [0.15, 0.2) is 0 Å². The molecule has 1 aliphatic rings. The minimum atomic E-state index is -3.11. The minimum Gasteiger partial charge on any atom is -0.494 e. The Morgan fingerprint density at radius 3 is 2.22 bits per heavy atom. The maximum Gasteiger partial charge on any atom is 0.208 e. The van der Waals surface area contributed by atoms with Gasteiger partial charge in [0.25, 0.3) is 0 Å². The largest absolute Gasteiger partial charge is 0.494 e. The Bertz CT molecular complexity index is 566. The van der Waals surface area contributed by atoms with E-state index in [0.29, 0.717) is 13.2 Å². The van der Waals surface area contributed by atoms with Gasteiger partial charge in [0.05, 0.1) is 12.9 Å². The van der Waals surface area contributed by atoms with Crippen LogP contribution in [-0.4, -0.2) is 58.5 Å². The quantitative estimate of drug-likeness (QED) is 0.775. The van der Waals surface area contributed by atoms with Gasteiger partial charge in [-0.05, 0) is 57.1 Å². The van der Waals surface area contributed by atoms with Crippen LogP contribution in [0.2, 0.25) is 0 Å². The number of sulfonamides is 1. The molecule has 0 radical (unpaired) electrons. The lowest BCUT2D eigenvalue weighted by Crippen LogP contribution is -2.45. The average molecular weight is 342 g/mol. The molecule has 130 valence electrons. The first-order chi connectivity index (χ1) is 11.0. The molecule has 1 heterocycles. The van der Waals surface area contributed by atoms with Crippen LogP contribution in [0.3, 0.4) is 0 Å². The predicted octanol–water partition coefficient (Wildman–Crippen LogP) is 1.48. The second-order valence-electron chi connectivity index (χ2n) is 5.76. The monoisotopic (exact) mass is 342 g/mol. The number of hydrogen-bond acceptors (Lipinski definition) is 5. The zero-order valence-electron chi connectivity index (χ0n) is 13.8. The van der Waals surface area contributed by atoms with Crippen molar-refractivity contribution in [3.8, 4) is 11.5 Å². The van der Waals surface area contributed by atoms with E-state index in [0.717, 1.165) is 44.0 Å². The highest BCUT2D eigenvalue weighted by Crippen LogP contribution is 2.17. The van der Waals surface area contributed by atoms with Crippen molar-refractivity contribution in [2.45, 2.75) is 25.8 Å². The molecule has 6 nitrogen and oxygen atoms in total. The summed E-state index contributed by atoms with van der Waals surface area (Å²) in [5, 5.41) is 0. The Kier molecular flexibility index (Phi) is 6.68. The van der Waals surface area contributed by atoms with Gasteiger partial charge in [0.1, 0.15) is 18.1 Å². The fraction of sp³-hybridized carbons (Fsp3) is 0.625. The van der Waals surface area contributed by atoms with Crippen LogP contribution < -0.4 is 14.2 Å². The lowest BCUT2D eigenvalue weighted by Gasteiger charge is -2.31. The van der Waals surface area contributed by atoms with E-state index >= 15 is 0 Å². The number of ether oxygens (including phenoxy) is 2. The third-order valence-electron chi connectivity index (χ3n) is 3.78. The third kappa shape index (κ3) is 6.76. The fourth-order valence-electron chi connectivity index (χ4n) is 2.67. The maximum absolute atomic E-state index is 11.2. The number of benzene rings is 1. The Morgan fingerprint density at radius 2 is 1.70 bits per heavy atom. The van der Waals surface area contributed by atoms with Gasteiger partial charge in [0, 0.05) is 12.6 Å². The standard InChI is InChI=1S/C16H26N2O4S/c1-3-21-15-4-6-16(7-5-15)22-13-12-18-10-8-14(9-11-18)17-23(2,19)20/h4-7,14,17H,3,8-13H2,1-2H3. The molecule has 7 heteroatoms. The summed E-state index contributed by atoms with van der Waals surface area (Å²) in [4.78, 5) is 2.30. The molecule has 0 saturated carbocycles. The molecule has 23 heavy (non-hydrogen) atoms. The van der Waals surface area contributed by atoms with Crippen LogP contribution in [0, 0.1) is 0 Å². The lowest BCUT2D eigenvalue weighted by molar-refractivity contribution is 0.170. The molecule has 0 unspecified atom stereocenters. The Morgan fingerprint density at radius 1 is 1.13 bits per heavy atom. The summed E-state index contributed by atoms with van der Waals surface area (Å²) >= 11 is 0. The zero-order chi connectivity index (χ0) is 16.7. The second kappa shape index (κ2) is 8.52. The number of piperidine rings is 1. The highest BCUT2D eigenvalue weighted by atomic mass is 32.2. The van der Waals surface area contributed by atoms with Crippen LogP contribution in [0.5, 0.6) is 11.5 Å². The fourth-order valence-corrected chi connectivity index (χ4v) is 3.51. The molecule has 0 aliphatic carbocycles. The van der Waals surface area contributed by atoms with E-state index in [9.17, 15) is 8.42 Å². The van der Waals surface area contributed by atoms with Crippen LogP contribution in [0.1, 0.15) is 19.8 Å². The summed E-state index contributed by atoms with van der Waals surface area (Å²) in [5.74, 6) is 1.68. The van der Waals surface area contributed by atoms with E-state index in [1.807, 2.05) is 31.2 Å². The molecule has 0 amide bonds. The summed E-state index contributed by atoms with van der Waals surface area (Å²) in [6, 6.07) is 7.69. The summed E-state index contributed by atoms with van der Waals surface area (Å²) in [5.41, 5.74) is 0. The summed E-state index contributed by atoms with van der Waals surface area (Å²) in [7, 11) is -3.11. The topological polar surface area (TPSA) is 67.9 Å². The van der Waals surface area contributed by atoms with Crippen molar-refractivity contribution in [1.29, 1.82) is 0 Å². The average Bonchev–Trinajstić information content (AvgIpc) is 2.50. The van der Waals surface area contributed by atoms with Gasteiger partial charge in [0.2, 0.25) is 10.0 Å². The van der Waals surface area contributed by atoms with Gasteiger partial charge >= 0.3 is 0 Å². The van der Waals surface area contributed by atoms with Gasteiger partial charge in [-0.3, -0.25) is 4.90 Å². The van der Waals surface area contributed by atoms with E-state index in [1.165, 1.54) is 6.26 Å². The van der Waals surface area contributed by atoms with Crippen molar-refractivity contribution in [3.63, 3.8) is 0 Å². The first kappa shape index (κ1) is 18.0. The Hall–Kier alpha value is -1.31. The minimum absolute atomic E-state index is 0.0632. The van der Waals surface area contributed by atoms with Crippen molar-refractivity contribution < 1.29 is 17.9 Å². The van der Waals surface area contributed by atoms with Gasteiger partial charge in [-0.2, -0.15) is 0 Å². The van der Waals surface area contributed by atoms with E-state index in [2.05, 4.69) is 9.62 Å². The van der Waals surface area contributed by atoms with Crippen LogP contribution in [0.15, 0.2) is 24.3 Å². The number of nitrogens with one attached hydrogen (secondary N) is 1. The Balaban J connectivity index is 1.65. The van der Waals surface area contributed by atoms with Crippen molar-refractivity contribution in [2.75, 3.05) is 39.1 Å². The molecule has 2 rings (SSSR count). The molecule has 0 bridgehead atoms. The molecule has 0 atom stereocenters. The number of nitrogens with zero attached hydrogens (tertiary/aromatic N) is 1. The molecular weight excluding hydrogens is 316 g/mol. The first-order valence-corrected chi connectivity index (χ1v) is 9.91. The predicted molar refractivity (Wildman–Crippen MR) is 90.5 cm³/mol. The van der Waals surface area contributed by atoms with Crippen molar-refractivity contribution in [3.05, 3.63) is 24.3 Å². The van der Waals surface area contributed by atoms with Crippen molar-refractivity contribution >= 4 is 10.0 Å². The van der Waals surface area contributed by atoms with E-state index in [-0.39, 0.29) is 6.04 Å². The van der Waals surface area contributed by atoms with Gasteiger partial charge in [-0.25, -0.2) is 13.1 Å². The summed E-state index contributed by atoms with van der Waals surface area (Å²) in [6.07, 6.45) is 2.90. The molecule has 1 aromatic rings. The SMILES string of the molecule is CCOc1ccc(OCCN2CCC(NS(C)(=O)=O)CC2)cc1. The van der Waals surface area contributed by atoms with Crippen molar-refractivity contribution in [2.24, 2.45) is 0 Å². The van der Waals surface area contributed by atoms with Gasteiger partial charge in [-0.15, -0.1) is 0 Å².